The first-order chi connectivity index (χ1) is 8.19. The van der Waals surface area contributed by atoms with E-state index in [9.17, 15) is 4.79 Å². The molecule has 0 aromatic carbocycles. The van der Waals surface area contributed by atoms with Crippen LogP contribution in [0.25, 0.3) is 0 Å². The highest BCUT2D eigenvalue weighted by Gasteiger charge is 2.49. The van der Waals surface area contributed by atoms with Crippen molar-refractivity contribution in [3.8, 4) is 0 Å². The lowest BCUT2D eigenvalue weighted by Crippen LogP contribution is -2.48. The maximum Gasteiger partial charge on any atom is 0.227 e. The Kier molecular flexibility index (Phi) is 6.28. The van der Waals surface area contributed by atoms with Gasteiger partial charge in [0.2, 0.25) is 5.91 Å². The van der Waals surface area contributed by atoms with Gasteiger partial charge < -0.3 is 10.6 Å². The maximum atomic E-state index is 12.5. The number of fused-ring (bicyclic) bond motifs is 1. The molecule has 1 saturated heterocycles. The second-order valence-corrected chi connectivity index (χ2v) is 6.76. The van der Waals surface area contributed by atoms with Crippen LogP contribution in [0, 0.1) is 11.3 Å². The van der Waals surface area contributed by atoms with Gasteiger partial charge in [-0.15, -0.1) is 12.4 Å². The molecule has 2 aliphatic rings. The average molecular weight is 293 g/mol. The van der Waals surface area contributed by atoms with Gasteiger partial charge in [-0.05, 0) is 31.6 Å². The first kappa shape index (κ1) is 16.1. The molecule has 1 unspecified atom stereocenters. The minimum Gasteiger partial charge on any atom is -0.354 e. The number of nitrogens with one attached hydrogen (secondary N) is 2. The first-order valence-electron chi connectivity index (χ1n) is 6.71. The number of halogens is 1. The molecule has 5 heteroatoms. The van der Waals surface area contributed by atoms with E-state index in [1.165, 1.54) is 19.3 Å². The third-order valence-corrected chi connectivity index (χ3v) is 5.41. The molecule has 2 fully saturated rings. The second kappa shape index (κ2) is 7.01. The standard InChI is InChI=1S/C13H24N2OS.ClH/c1-10(17-2)7-15-12(16)13-6-4-3-5-11(13)8-14-9-13;/h10-11,14H,3-9H2,1-2H3,(H,15,16);1H/t10?,11-,13+;/m0./s1. The number of hydrogen-bond acceptors (Lipinski definition) is 3. The zero-order valence-corrected chi connectivity index (χ0v) is 13.0. The van der Waals surface area contributed by atoms with Gasteiger partial charge in [0.15, 0.2) is 0 Å². The zero-order valence-electron chi connectivity index (χ0n) is 11.3. The fourth-order valence-electron chi connectivity index (χ4n) is 3.19. The Balaban J connectivity index is 0.00000162. The highest BCUT2D eigenvalue weighted by molar-refractivity contribution is 7.99. The molecule has 1 heterocycles. The van der Waals surface area contributed by atoms with Gasteiger partial charge in [-0.1, -0.05) is 19.8 Å². The number of thioether (sulfide) groups is 1. The van der Waals surface area contributed by atoms with Crippen molar-refractivity contribution in [1.29, 1.82) is 0 Å². The van der Waals surface area contributed by atoms with Crippen molar-refractivity contribution in [2.45, 2.75) is 37.9 Å². The maximum absolute atomic E-state index is 12.5. The molecule has 18 heavy (non-hydrogen) atoms. The topological polar surface area (TPSA) is 41.1 Å². The lowest BCUT2D eigenvalue weighted by atomic mass is 9.67. The number of amides is 1. The summed E-state index contributed by atoms with van der Waals surface area (Å²) in [7, 11) is 0. The van der Waals surface area contributed by atoms with Crippen LogP contribution in [-0.2, 0) is 4.79 Å². The second-order valence-electron chi connectivity index (χ2n) is 5.49. The molecule has 3 nitrogen and oxygen atoms in total. The smallest absolute Gasteiger partial charge is 0.227 e. The molecule has 0 aromatic rings. The van der Waals surface area contributed by atoms with Crippen LogP contribution < -0.4 is 10.6 Å². The van der Waals surface area contributed by atoms with Crippen LogP contribution in [0.1, 0.15) is 32.6 Å². The van der Waals surface area contributed by atoms with E-state index in [0.29, 0.717) is 17.1 Å². The molecular weight excluding hydrogens is 268 g/mol. The van der Waals surface area contributed by atoms with E-state index < -0.39 is 0 Å². The van der Waals surface area contributed by atoms with E-state index in [4.69, 9.17) is 0 Å². The number of rotatable bonds is 4. The molecule has 106 valence electrons. The zero-order chi connectivity index (χ0) is 12.3. The SMILES string of the molecule is CSC(C)CNC(=O)[C@@]12CCCC[C@H]1CNC2.Cl. The van der Waals surface area contributed by atoms with Crippen molar-refractivity contribution in [2.24, 2.45) is 11.3 Å². The van der Waals surface area contributed by atoms with E-state index >= 15 is 0 Å². The lowest BCUT2D eigenvalue weighted by molar-refractivity contribution is -0.133. The van der Waals surface area contributed by atoms with Crippen LogP contribution in [0.2, 0.25) is 0 Å². The summed E-state index contributed by atoms with van der Waals surface area (Å²) in [4.78, 5) is 12.5. The minimum atomic E-state index is -0.0869. The van der Waals surface area contributed by atoms with E-state index in [1.807, 2.05) is 0 Å². The van der Waals surface area contributed by atoms with Crippen LogP contribution in [0.4, 0.5) is 0 Å². The predicted octanol–water partition coefficient (Wildman–Crippen LogP) is 2.06. The molecule has 0 radical (unpaired) electrons. The van der Waals surface area contributed by atoms with Crippen LogP contribution in [0.3, 0.4) is 0 Å². The monoisotopic (exact) mass is 292 g/mol. The molecule has 0 aromatic heterocycles. The summed E-state index contributed by atoms with van der Waals surface area (Å²) in [5.41, 5.74) is -0.0869. The fourth-order valence-corrected chi connectivity index (χ4v) is 3.44. The van der Waals surface area contributed by atoms with Gasteiger partial charge in [-0.2, -0.15) is 11.8 Å². The van der Waals surface area contributed by atoms with Crippen molar-refractivity contribution in [1.82, 2.24) is 10.6 Å². The Hall–Kier alpha value is 0.0700. The Labute approximate surface area is 121 Å². The molecule has 1 aliphatic heterocycles. The highest BCUT2D eigenvalue weighted by atomic mass is 35.5. The van der Waals surface area contributed by atoms with Crippen LogP contribution in [0.5, 0.6) is 0 Å². The quantitative estimate of drug-likeness (QED) is 0.833. The molecular formula is C13H25ClN2OS. The van der Waals surface area contributed by atoms with Crippen LogP contribution >= 0.6 is 24.2 Å². The Morgan fingerprint density at radius 1 is 1.56 bits per heavy atom. The minimum absolute atomic E-state index is 0. The van der Waals surface area contributed by atoms with Gasteiger partial charge in [-0.25, -0.2) is 0 Å². The van der Waals surface area contributed by atoms with Crippen molar-refractivity contribution in [3.05, 3.63) is 0 Å². The van der Waals surface area contributed by atoms with Gasteiger partial charge >= 0.3 is 0 Å². The van der Waals surface area contributed by atoms with Crippen LogP contribution in [0.15, 0.2) is 0 Å². The summed E-state index contributed by atoms with van der Waals surface area (Å²) in [5.74, 6) is 0.869. The van der Waals surface area contributed by atoms with Crippen molar-refractivity contribution < 1.29 is 4.79 Å². The van der Waals surface area contributed by atoms with Gasteiger partial charge in [0.1, 0.15) is 0 Å². The normalized spacial score (nSPS) is 32.2. The number of carbonyl (C=O) groups excluding carboxylic acids is 1. The van der Waals surface area contributed by atoms with Crippen molar-refractivity contribution in [2.75, 3.05) is 25.9 Å². The van der Waals surface area contributed by atoms with Crippen molar-refractivity contribution >= 4 is 30.1 Å². The van der Waals surface area contributed by atoms with E-state index in [0.717, 1.165) is 26.1 Å². The van der Waals surface area contributed by atoms with Gasteiger partial charge in [-0.3, -0.25) is 4.79 Å². The first-order valence-corrected chi connectivity index (χ1v) is 7.99. The van der Waals surface area contributed by atoms with Gasteiger partial charge in [0, 0.05) is 18.3 Å². The number of hydrogen-bond donors (Lipinski definition) is 2. The summed E-state index contributed by atoms with van der Waals surface area (Å²) in [5, 5.41) is 7.09. The van der Waals surface area contributed by atoms with E-state index in [2.05, 4.69) is 23.8 Å². The number of carbonyl (C=O) groups is 1. The largest absolute Gasteiger partial charge is 0.354 e. The van der Waals surface area contributed by atoms with Gasteiger partial charge in [0.25, 0.3) is 0 Å². The van der Waals surface area contributed by atoms with Crippen molar-refractivity contribution in [3.63, 3.8) is 0 Å². The summed E-state index contributed by atoms with van der Waals surface area (Å²) in [6.45, 7) is 4.88. The molecule has 3 atom stereocenters. The van der Waals surface area contributed by atoms with E-state index in [-0.39, 0.29) is 17.8 Å². The molecule has 2 rings (SSSR count). The summed E-state index contributed by atoms with van der Waals surface area (Å²) in [6, 6.07) is 0. The Morgan fingerprint density at radius 2 is 2.33 bits per heavy atom. The third-order valence-electron chi connectivity index (χ3n) is 4.44. The average Bonchev–Trinajstić information content (AvgIpc) is 2.80. The molecule has 1 amide bonds. The lowest BCUT2D eigenvalue weighted by Gasteiger charge is -2.37. The summed E-state index contributed by atoms with van der Waals surface area (Å²) >= 11 is 1.81. The molecule has 2 N–H and O–H groups in total. The molecule has 0 spiro atoms. The predicted molar refractivity (Wildman–Crippen MR) is 80.5 cm³/mol. The Bertz CT molecular complexity index is 290. The third kappa shape index (κ3) is 3.14. The molecule has 1 aliphatic carbocycles. The fraction of sp³-hybridized carbons (Fsp3) is 0.923. The molecule has 0 bridgehead atoms. The Morgan fingerprint density at radius 3 is 3.06 bits per heavy atom. The van der Waals surface area contributed by atoms with Crippen LogP contribution in [-0.4, -0.2) is 37.0 Å². The van der Waals surface area contributed by atoms with Gasteiger partial charge in [0.05, 0.1) is 5.41 Å². The molecule has 1 saturated carbocycles. The van der Waals surface area contributed by atoms with E-state index in [1.54, 1.807) is 11.8 Å². The highest BCUT2D eigenvalue weighted by Crippen LogP contribution is 2.43. The summed E-state index contributed by atoms with van der Waals surface area (Å²) in [6.07, 6.45) is 6.89. The summed E-state index contributed by atoms with van der Waals surface area (Å²) < 4.78 is 0.